The van der Waals surface area contributed by atoms with Crippen LogP contribution in [-0.2, 0) is 13.3 Å². The lowest BCUT2D eigenvalue weighted by molar-refractivity contribution is -0.178. The van der Waals surface area contributed by atoms with Crippen molar-refractivity contribution in [2.24, 2.45) is 5.92 Å². The number of hydrogen-bond acceptors (Lipinski definition) is 4. The fraction of sp³-hybridized carbons (Fsp3) is 1.00. The third kappa shape index (κ3) is 4.73. The molecule has 1 unspecified atom stereocenters. The molecule has 0 aliphatic rings. The van der Waals surface area contributed by atoms with E-state index in [1.165, 1.54) is 25.4 Å². The fourth-order valence-corrected chi connectivity index (χ4v) is 3.61. The van der Waals surface area contributed by atoms with Crippen molar-refractivity contribution < 1.29 is 26.4 Å². The summed E-state index contributed by atoms with van der Waals surface area (Å²) >= 11 is 1.17. The van der Waals surface area contributed by atoms with Crippen LogP contribution in [0.25, 0.3) is 0 Å². The van der Waals surface area contributed by atoms with Crippen molar-refractivity contribution in [1.29, 1.82) is 0 Å². The van der Waals surface area contributed by atoms with Gasteiger partial charge in [0, 0.05) is 14.2 Å². The van der Waals surface area contributed by atoms with E-state index in [0.717, 1.165) is 6.92 Å². The summed E-state index contributed by atoms with van der Waals surface area (Å²) in [6.45, 7) is 0.614. The first-order chi connectivity index (χ1) is 6.81. The Hall–Kier alpha value is 0.237. The number of rotatable bonds is 6. The molecular formula is C7H15F3O3SSi. The highest BCUT2D eigenvalue weighted by Gasteiger charge is 2.43. The molecular weight excluding hydrogens is 249 g/mol. The third-order valence-electron chi connectivity index (χ3n) is 1.82. The number of halogens is 3. The second-order valence-corrected chi connectivity index (χ2v) is 8.10. The predicted molar refractivity (Wildman–Crippen MR) is 54.5 cm³/mol. The molecule has 0 aromatic carbocycles. The zero-order chi connectivity index (χ0) is 12.1. The zero-order valence-electron chi connectivity index (χ0n) is 9.05. The van der Waals surface area contributed by atoms with Gasteiger partial charge in [-0.05, 0) is 6.26 Å². The van der Waals surface area contributed by atoms with E-state index in [2.05, 4.69) is 0 Å². The van der Waals surface area contributed by atoms with Crippen LogP contribution in [0.3, 0.4) is 0 Å². The molecule has 0 saturated carbocycles. The van der Waals surface area contributed by atoms with Gasteiger partial charge in [-0.15, -0.1) is 11.2 Å². The maximum atomic E-state index is 12.2. The van der Waals surface area contributed by atoms with E-state index in [1.807, 2.05) is 0 Å². The predicted octanol–water partition coefficient (Wildman–Crippen LogP) is 2.29. The Balaban J connectivity index is 4.23. The number of alkyl halides is 3. The first kappa shape index (κ1) is 15.2. The van der Waals surface area contributed by atoms with Crippen LogP contribution in [0.15, 0.2) is 0 Å². The van der Waals surface area contributed by atoms with Crippen molar-refractivity contribution in [3.8, 4) is 0 Å². The number of hydrogen-bond donors (Lipinski definition) is 0. The summed E-state index contributed by atoms with van der Waals surface area (Å²) in [6, 6.07) is 0. The molecule has 1 atom stereocenters. The molecule has 0 bridgehead atoms. The molecule has 0 rings (SSSR count). The minimum atomic E-state index is -4.25. The SMILES string of the molecule is CO[Si](OC)(OCC(C)C(F)(F)F)SC. The van der Waals surface area contributed by atoms with Gasteiger partial charge in [-0.25, -0.2) is 0 Å². The van der Waals surface area contributed by atoms with Gasteiger partial charge >= 0.3 is 14.1 Å². The monoisotopic (exact) mass is 264 g/mol. The lowest BCUT2D eigenvalue weighted by Crippen LogP contribution is -2.42. The van der Waals surface area contributed by atoms with Crippen LogP contribution in [0, 0.1) is 5.92 Å². The first-order valence-corrected chi connectivity index (χ1v) is 7.85. The van der Waals surface area contributed by atoms with Gasteiger partial charge in [0.05, 0.1) is 12.5 Å². The molecule has 0 amide bonds. The Morgan fingerprint density at radius 1 is 1.27 bits per heavy atom. The molecule has 0 fully saturated rings. The van der Waals surface area contributed by atoms with E-state index < -0.39 is 26.7 Å². The Kier molecular flexibility index (Phi) is 6.19. The average Bonchev–Trinajstić information content (AvgIpc) is 2.19. The topological polar surface area (TPSA) is 27.7 Å². The van der Waals surface area contributed by atoms with Crippen molar-refractivity contribution in [2.75, 3.05) is 27.1 Å². The molecule has 0 saturated heterocycles. The Labute approximate surface area is 92.3 Å². The normalized spacial score (nSPS) is 15.4. The van der Waals surface area contributed by atoms with Crippen LogP contribution in [0.1, 0.15) is 6.92 Å². The Morgan fingerprint density at radius 3 is 2.00 bits per heavy atom. The van der Waals surface area contributed by atoms with E-state index in [1.54, 1.807) is 6.26 Å². The van der Waals surface area contributed by atoms with E-state index in [4.69, 9.17) is 13.3 Å². The van der Waals surface area contributed by atoms with E-state index in [0.29, 0.717) is 0 Å². The third-order valence-corrected chi connectivity index (χ3v) is 6.69. The van der Waals surface area contributed by atoms with Gasteiger partial charge in [-0.3, -0.25) is 0 Å². The average molecular weight is 264 g/mol. The van der Waals surface area contributed by atoms with Crippen LogP contribution < -0.4 is 0 Å². The molecule has 0 aromatic rings. The Bertz CT molecular complexity index is 179. The minimum Gasteiger partial charge on any atom is -0.369 e. The van der Waals surface area contributed by atoms with Gasteiger partial charge in [-0.2, -0.15) is 13.2 Å². The molecule has 92 valence electrons. The fourth-order valence-electron chi connectivity index (χ4n) is 0.748. The van der Waals surface area contributed by atoms with Gasteiger partial charge in [0.1, 0.15) is 0 Å². The summed E-state index contributed by atoms with van der Waals surface area (Å²) in [5, 5.41) is 0. The van der Waals surface area contributed by atoms with Gasteiger partial charge in [-0.1, -0.05) is 6.92 Å². The van der Waals surface area contributed by atoms with Crippen LogP contribution in [0.5, 0.6) is 0 Å². The van der Waals surface area contributed by atoms with Crippen molar-refractivity contribution in [1.82, 2.24) is 0 Å². The molecule has 0 radical (unpaired) electrons. The molecule has 0 aliphatic heterocycles. The van der Waals surface area contributed by atoms with E-state index in [9.17, 15) is 13.2 Å². The van der Waals surface area contributed by atoms with Crippen molar-refractivity contribution in [3.63, 3.8) is 0 Å². The van der Waals surface area contributed by atoms with Crippen molar-refractivity contribution >= 4 is 19.2 Å². The van der Waals surface area contributed by atoms with Gasteiger partial charge < -0.3 is 13.3 Å². The highest BCUT2D eigenvalue weighted by molar-refractivity contribution is 8.26. The summed E-state index contributed by atoms with van der Waals surface area (Å²) in [4.78, 5) is 0. The maximum Gasteiger partial charge on any atom is 0.572 e. The molecule has 3 nitrogen and oxygen atoms in total. The second-order valence-electron chi connectivity index (χ2n) is 2.87. The van der Waals surface area contributed by atoms with E-state index >= 15 is 0 Å². The summed E-state index contributed by atoms with van der Waals surface area (Å²) in [5.74, 6) is -1.53. The highest BCUT2D eigenvalue weighted by Crippen LogP contribution is 2.28. The van der Waals surface area contributed by atoms with Crippen molar-refractivity contribution in [3.05, 3.63) is 0 Å². The van der Waals surface area contributed by atoms with Crippen LogP contribution in [0.4, 0.5) is 13.2 Å². The van der Waals surface area contributed by atoms with Crippen LogP contribution >= 0.6 is 11.2 Å². The van der Waals surface area contributed by atoms with Crippen LogP contribution in [0.2, 0.25) is 0 Å². The van der Waals surface area contributed by atoms with Gasteiger partial charge in [0.25, 0.3) is 0 Å². The molecule has 8 heteroatoms. The largest absolute Gasteiger partial charge is 0.572 e. The first-order valence-electron chi connectivity index (χ1n) is 4.17. The Morgan fingerprint density at radius 2 is 1.73 bits per heavy atom. The molecule has 15 heavy (non-hydrogen) atoms. The molecule has 0 heterocycles. The van der Waals surface area contributed by atoms with Crippen molar-refractivity contribution in [2.45, 2.75) is 13.1 Å². The summed E-state index contributed by atoms with van der Waals surface area (Å²) in [6.07, 6.45) is -2.57. The summed E-state index contributed by atoms with van der Waals surface area (Å²) < 4.78 is 51.6. The molecule has 0 N–H and O–H groups in total. The quantitative estimate of drug-likeness (QED) is 0.688. The summed E-state index contributed by atoms with van der Waals surface area (Å²) in [5.41, 5.74) is 0. The van der Waals surface area contributed by atoms with Gasteiger partial charge in [0.15, 0.2) is 0 Å². The molecule has 0 aromatic heterocycles. The smallest absolute Gasteiger partial charge is 0.369 e. The molecule has 0 spiro atoms. The standard InChI is InChI=1S/C7H15F3O3SSi/c1-6(7(8,9)10)5-13-15(11-2,12-3)14-4/h6H,5H2,1-4H3. The van der Waals surface area contributed by atoms with E-state index in [-0.39, 0.29) is 0 Å². The molecule has 0 aliphatic carbocycles. The lowest BCUT2D eigenvalue weighted by Gasteiger charge is -2.26. The highest BCUT2D eigenvalue weighted by atomic mass is 32.4. The lowest BCUT2D eigenvalue weighted by atomic mass is 10.2. The summed E-state index contributed by atoms with van der Waals surface area (Å²) in [7, 11) is -0.211. The van der Waals surface area contributed by atoms with Crippen LogP contribution in [-0.4, -0.2) is 41.2 Å². The second kappa shape index (κ2) is 6.09. The maximum absolute atomic E-state index is 12.2. The van der Waals surface area contributed by atoms with Gasteiger partial charge in [0.2, 0.25) is 0 Å². The zero-order valence-corrected chi connectivity index (χ0v) is 10.9. The minimum absolute atomic E-state index is 0.446.